The standard InChI is InChI=1S/C14H16N2O3/c1-10-3-4-12(11(9-10)14(17)18)19-8-5-13-15-6-7-16(13)2/h3-4,6-7,9H,5,8H2,1-2H3,(H,17,18). The first-order valence-corrected chi connectivity index (χ1v) is 6.01. The zero-order chi connectivity index (χ0) is 13.8. The molecule has 1 aromatic carbocycles. The first-order valence-electron chi connectivity index (χ1n) is 6.01. The number of ether oxygens (including phenoxy) is 1. The Kier molecular flexibility index (Phi) is 3.85. The van der Waals surface area contributed by atoms with E-state index in [1.165, 1.54) is 0 Å². The van der Waals surface area contributed by atoms with Crippen molar-refractivity contribution in [1.29, 1.82) is 0 Å². The molecule has 0 fully saturated rings. The van der Waals surface area contributed by atoms with Gasteiger partial charge in [0.25, 0.3) is 0 Å². The van der Waals surface area contributed by atoms with E-state index in [0.717, 1.165) is 11.4 Å². The molecule has 2 aromatic rings. The van der Waals surface area contributed by atoms with Gasteiger partial charge < -0.3 is 14.4 Å². The summed E-state index contributed by atoms with van der Waals surface area (Å²) in [5, 5.41) is 9.12. The third-order valence-corrected chi connectivity index (χ3v) is 2.87. The van der Waals surface area contributed by atoms with Gasteiger partial charge in [-0.3, -0.25) is 0 Å². The lowest BCUT2D eigenvalue weighted by Crippen LogP contribution is -2.09. The van der Waals surface area contributed by atoms with Crippen LogP contribution in [-0.2, 0) is 13.5 Å². The van der Waals surface area contributed by atoms with Crippen LogP contribution in [0.15, 0.2) is 30.6 Å². The lowest BCUT2D eigenvalue weighted by atomic mass is 10.1. The van der Waals surface area contributed by atoms with E-state index in [-0.39, 0.29) is 5.56 Å². The number of carboxylic acids is 1. The van der Waals surface area contributed by atoms with Crippen molar-refractivity contribution < 1.29 is 14.6 Å². The lowest BCUT2D eigenvalue weighted by molar-refractivity contribution is 0.0692. The second-order valence-electron chi connectivity index (χ2n) is 4.36. The largest absolute Gasteiger partial charge is 0.492 e. The van der Waals surface area contributed by atoms with Crippen molar-refractivity contribution in [2.45, 2.75) is 13.3 Å². The molecule has 5 heteroatoms. The number of carboxylic acid groups (broad SMARTS) is 1. The molecule has 19 heavy (non-hydrogen) atoms. The Morgan fingerprint density at radius 3 is 2.89 bits per heavy atom. The summed E-state index contributed by atoms with van der Waals surface area (Å²) in [6.45, 7) is 2.25. The molecule has 1 aromatic heterocycles. The number of imidazole rings is 1. The topological polar surface area (TPSA) is 64.4 Å². The number of aromatic nitrogens is 2. The van der Waals surface area contributed by atoms with E-state index in [4.69, 9.17) is 9.84 Å². The normalized spacial score (nSPS) is 10.4. The summed E-state index contributed by atoms with van der Waals surface area (Å²) < 4.78 is 7.46. The summed E-state index contributed by atoms with van der Waals surface area (Å²) in [5.41, 5.74) is 1.09. The van der Waals surface area contributed by atoms with E-state index in [1.54, 1.807) is 18.3 Å². The minimum atomic E-state index is -0.976. The van der Waals surface area contributed by atoms with Crippen LogP contribution >= 0.6 is 0 Å². The van der Waals surface area contributed by atoms with Crippen LogP contribution in [-0.4, -0.2) is 27.2 Å². The van der Waals surface area contributed by atoms with Crippen molar-refractivity contribution in [2.24, 2.45) is 7.05 Å². The van der Waals surface area contributed by atoms with Crippen LogP contribution in [0.5, 0.6) is 5.75 Å². The maximum absolute atomic E-state index is 11.1. The number of hydrogen-bond acceptors (Lipinski definition) is 3. The van der Waals surface area contributed by atoms with Crippen LogP contribution in [0.3, 0.4) is 0 Å². The first kappa shape index (κ1) is 13.1. The summed E-state index contributed by atoms with van der Waals surface area (Å²) in [6.07, 6.45) is 4.23. The Labute approximate surface area is 111 Å². The van der Waals surface area contributed by atoms with Crippen molar-refractivity contribution in [1.82, 2.24) is 9.55 Å². The van der Waals surface area contributed by atoms with E-state index >= 15 is 0 Å². The second-order valence-corrected chi connectivity index (χ2v) is 4.36. The smallest absolute Gasteiger partial charge is 0.339 e. The Bertz CT molecular complexity index is 590. The van der Waals surface area contributed by atoms with Crippen molar-refractivity contribution in [3.05, 3.63) is 47.5 Å². The Morgan fingerprint density at radius 2 is 2.26 bits per heavy atom. The molecule has 0 radical (unpaired) electrons. The SMILES string of the molecule is Cc1ccc(OCCc2nccn2C)c(C(=O)O)c1. The highest BCUT2D eigenvalue weighted by molar-refractivity contribution is 5.91. The van der Waals surface area contributed by atoms with Gasteiger partial charge in [-0.25, -0.2) is 9.78 Å². The highest BCUT2D eigenvalue weighted by atomic mass is 16.5. The molecule has 0 aliphatic rings. The summed E-state index contributed by atoms with van der Waals surface area (Å²) in [6, 6.07) is 5.14. The first-order chi connectivity index (χ1) is 9.08. The number of nitrogens with zero attached hydrogens (tertiary/aromatic N) is 2. The molecule has 1 N–H and O–H groups in total. The minimum absolute atomic E-state index is 0.194. The van der Waals surface area contributed by atoms with E-state index in [1.807, 2.05) is 30.8 Å². The second kappa shape index (κ2) is 5.56. The Morgan fingerprint density at radius 1 is 1.47 bits per heavy atom. The molecule has 0 spiro atoms. The van der Waals surface area contributed by atoms with Gasteiger partial charge in [-0.2, -0.15) is 0 Å². The molecule has 0 unspecified atom stereocenters. The molecule has 0 aliphatic carbocycles. The van der Waals surface area contributed by atoms with E-state index in [9.17, 15) is 4.79 Å². The van der Waals surface area contributed by atoms with Crippen LogP contribution in [0.1, 0.15) is 21.7 Å². The third kappa shape index (κ3) is 3.13. The third-order valence-electron chi connectivity index (χ3n) is 2.87. The molecule has 0 bridgehead atoms. The maximum atomic E-state index is 11.1. The summed E-state index contributed by atoms with van der Waals surface area (Å²) in [4.78, 5) is 15.3. The molecule has 0 atom stereocenters. The molecule has 0 aliphatic heterocycles. The number of carbonyl (C=O) groups is 1. The van der Waals surface area contributed by atoms with Gasteiger partial charge in [0, 0.05) is 25.9 Å². The van der Waals surface area contributed by atoms with Gasteiger partial charge in [-0.1, -0.05) is 11.6 Å². The zero-order valence-corrected chi connectivity index (χ0v) is 11.0. The predicted octanol–water partition coefficient (Wildman–Crippen LogP) is 2.05. The van der Waals surface area contributed by atoms with Crippen LogP contribution < -0.4 is 4.74 Å². The van der Waals surface area contributed by atoms with Crippen LogP contribution in [0.4, 0.5) is 0 Å². The van der Waals surface area contributed by atoms with Gasteiger partial charge in [0.15, 0.2) is 0 Å². The van der Waals surface area contributed by atoms with Gasteiger partial charge in [-0.15, -0.1) is 0 Å². The fourth-order valence-corrected chi connectivity index (χ4v) is 1.83. The molecule has 5 nitrogen and oxygen atoms in total. The molecule has 0 saturated carbocycles. The molecular formula is C14H16N2O3. The number of rotatable bonds is 5. The summed E-state index contributed by atoms with van der Waals surface area (Å²) in [5.74, 6) is 0.326. The number of hydrogen-bond donors (Lipinski definition) is 1. The Balaban J connectivity index is 2.03. The van der Waals surface area contributed by atoms with Crippen molar-refractivity contribution in [3.63, 3.8) is 0 Å². The molecule has 0 amide bonds. The molecule has 1 heterocycles. The van der Waals surface area contributed by atoms with Crippen LogP contribution in [0, 0.1) is 6.92 Å². The fourth-order valence-electron chi connectivity index (χ4n) is 1.83. The highest BCUT2D eigenvalue weighted by Crippen LogP contribution is 2.20. The van der Waals surface area contributed by atoms with Gasteiger partial charge in [0.2, 0.25) is 0 Å². The zero-order valence-electron chi connectivity index (χ0n) is 11.0. The number of aromatic carboxylic acids is 1. The van der Waals surface area contributed by atoms with E-state index in [2.05, 4.69) is 4.98 Å². The fraction of sp³-hybridized carbons (Fsp3) is 0.286. The lowest BCUT2D eigenvalue weighted by Gasteiger charge is -2.09. The van der Waals surface area contributed by atoms with Crippen molar-refractivity contribution >= 4 is 5.97 Å². The van der Waals surface area contributed by atoms with Crippen LogP contribution in [0.2, 0.25) is 0 Å². The minimum Gasteiger partial charge on any atom is -0.492 e. The van der Waals surface area contributed by atoms with E-state index < -0.39 is 5.97 Å². The van der Waals surface area contributed by atoms with Crippen molar-refractivity contribution in [2.75, 3.05) is 6.61 Å². The summed E-state index contributed by atoms with van der Waals surface area (Å²) in [7, 11) is 1.91. The number of benzene rings is 1. The van der Waals surface area contributed by atoms with Gasteiger partial charge in [0.1, 0.15) is 17.1 Å². The van der Waals surface area contributed by atoms with Gasteiger partial charge in [0.05, 0.1) is 6.61 Å². The van der Waals surface area contributed by atoms with Gasteiger partial charge >= 0.3 is 5.97 Å². The Hall–Kier alpha value is -2.30. The van der Waals surface area contributed by atoms with Gasteiger partial charge in [-0.05, 0) is 19.1 Å². The molecule has 0 saturated heterocycles. The predicted molar refractivity (Wildman–Crippen MR) is 70.5 cm³/mol. The molecule has 2 rings (SSSR count). The average molecular weight is 260 g/mol. The number of aryl methyl sites for hydroxylation is 2. The quantitative estimate of drug-likeness (QED) is 0.893. The highest BCUT2D eigenvalue weighted by Gasteiger charge is 2.11. The maximum Gasteiger partial charge on any atom is 0.339 e. The molecular weight excluding hydrogens is 244 g/mol. The average Bonchev–Trinajstić information content (AvgIpc) is 2.77. The molecule has 100 valence electrons. The monoisotopic (exact) mass is 260 g/mol. The van der Waals surface area contributed by atoms with Crippen LogP contribution in [0.25, 0.3) is 0 Å². The van der Waals surface area contributed by atoms with E-state index in [0.29, 0.717) is 18.8 Å². The summed E-state index contributed by atoms with van der Waals surface area (Å²) >= 11 is 0. The van der Waals surface area contributed by atoms with Crippen molar-refractivity contribution in [3.8, 4) is 5.75 Å².